The SMILES string of the molecule is CC.CC(=O)c1cnn(CC2CCN(C)CC2)c1. The minimum Gasteiger partial charge on any atom is -0.306 e. The van der Waals surface area contributed by atoms with Crippen LogP contribution in [0.1, 0.15) is 44.0 Å². The van der Waals surface area contributed by atoms with Gasteiger partial charge >= 0.3 is 0 Å². The Hall–Kier alpha value is -1.16. The number of likely N-dealkylation sites (tertiary alicyclic amines) is 1. The third-order valence-electron chi connectivity index (χ3n) is 3.32. The molecule has 1 aromatic heterocycles. The summed E-state index contributed by atoms with van der Waals surface area (Å²) in [4.78, 5) is 13.5. The molecule has 0 bridgehead atoms. The van der Waals surface area contributed by atoms with Crippen molar-refractivity contribution < 1.29 is 4.79 Å². The predicted octanol–water partition coefficient (Wildman–Crippen LogP) is 2.45. The normalized spacial score (nSPS) is 17.1. The average Bonchev–Trinajstić information content (AvgIpc) is 2.83. The van der Waals surface area contributed by atoms with E-state index in [1.54, 1.807) is 13.1 Å². The van der Waals surface area contributed by atoms with Crippen LogP contribution in [-0.2, 0) is 6.54 Å². The molecule has 1 aliphatic rings. The first-order valence-electron chi connectivity index (χ1n) is 6.87. The summed E-state index contributed by atoms with van der Waals surface area (Å²) in [6.45, 7) is 8.87. The van der Waals surface area contributed by atoms with E-state index in [-0.39, 0.29) is 5.78 Å². The molecule has 18 heavy (non-hydrogen) atoms. The summed E-state index contributed by atoms with van der Waals surface area (Å²) < 4.78 is 1.91. The largest absolute Gasteiger partial charge is 0.306 e. The highest BCUT2D eigenvalue weighted by molar-refractivity contribution is 5.93. The molecule has 4 heteroatoms. The number of piperidine rings is 1. The Balaban J connectivity index is 0.000000771. The van der Waals surface area contributed by atoms with Crippen molar-refractivity contribution in [3.63, 3.8) is 0 Å². The molecular weight excluding hydrogens is 226 g/mol. The first-order valence-corrected chi connectivity index (χ1v) is 6.87. The van der Waals surface area contributed by atoms with E-state index in [1.807, 2.05) is 24.7 Å². The fourth-order valence-electron chi connectivity index (χ4n) is 2.15. The maximum atomic E-state index is 11.1. The molecule has 0 unspecified atom stereocenters. The Labute approximate surface area is 110 Å². The third-order valence-corrected chi connectivity index (χ3v) is 3.32. The summed E-state index contributed by atoms with van der Waals surface area (Å²) in [6.07, 6.45) is 5.98. The number of ketones is 1. The topological polar surface area (TPSA) is 38.1 Å². The summed E-state index contributed by atoms with van der Waals surface area (Å²) in [5, 5.41) is 4.23. The summed E-state index contributed by atoms with van der Waals surface area (Å²) in [7, 11) is 2.16. The average molecular weight is 251 g/mol. The lowest BCUT2D eigenvalue weighted by molar-refractivity contribution is 0.101. The standard InChI is InChI=1S/C12H19N3O.C2H6/c1-10(16)12-7-13-15(9-12)8-11-3-5-14(2)6-4-11;1-2/h7,9,11H,3-6,8H2,1-2H3;1-2H3. The molecule has 1 aliphatic heterocycles. The number of hydrogen-bond donors (Lipinski definition) is 0. The molecule has 0 atom stereocenters. The second kappa shape index (κ2) is 7.31. The maximum Gasteiger partial charge on any atom is 0.162 e. The highest BCUT2D eigenvalue weighted by Crippen LogP contribution is 2.17. The Morgan fingerprint density at radius 2 is 2.00 bits per heavy atom. The van der Waals surface area contributed by atoms with Gasteiger partial charge < -0.3 is 4.90 Å². The molecule has 0 N–H and O–H groups in total. The highest BCUT2D eigenvalue weighted by atomic mass is 16.1. The zero-order valence-electron chi connectivity index (χ0n) is 12.0. The number of carbonyl (C=O) groups is 1. The van der Waals surface area contributed by atoms with Gasteiger partial charge in [0.05, 0.1) is 11.8 Å². The zero-order valence-corrected chi connectivity index (χ0v) is 12.0. The summed E-state index contributed by atoms with van der Waals surface area (Å²) in [5.41, 5.74) is 0.716. The van der Waals surface area contributed by atoms with E-state index in [1.165, 1.54) is 25.9 Å². The van der Waals surface area contributed by atoms with Gasteiger partial charge in [-0.1, -0.05) is 13.8 Å². The molecule has 1 saturated heterocycles. The Morgan fingerprint density at radius 3 is 2.50 bits per heavy atom. The zero-order chi connectivity index (χ0) is 13.5. The number of carbonyl (C=O) groups excluding carboxylic acids is 1. The van der Waals surface area contributed by atoms with Gasteiger partial charge in [-0.15, -0.1) is 0 Å². The van der Waals surface area contributed by atoms with E-state index in [0.29, 0.717) is 11.5 Å². The lowest BCUT2D eigenvalue weighted by Gasteiger charge is -2.28. The third kappa shape index (κ3) is 4.26. The van der Waals surface area contributed by atoms with Gasteiger partial charge in [0, 0.05) is 12.7 Å². The highest BCUT2D eigenvalue weighted by Gasteiger charge is 2.17. The second-order valence-electron chi connectivity index (χ2n) is 4.75. The minimum absolute atomic E-state index is 0.0922. The molecule has 2 rings (SSSR count). The van der Waals surface area contributed by atoms with Crippen LogP contribution in [0, 0.1) is 5.92 Å². The van der Waals surface area contributed by atoms with Gasteiger partial charge in [-0.2, -0.15) is 5.10 Å². The second-order valence-corrected chi connectivity index (χ2v) is 4.75. The molecular formula is C14H25N3O. The van der Waals surface area contributed by atoms with Crippen LogP contribution in [0.2, 0.25) is 0 Å². The first-order chi connectivity index (χ1) is 8.65. The van der Waals surface area contributed by atoms with Crippen molar-refractivity contribution in [2.24, 2.45) is 5.92 Å². The molecule has 4 nitrogen and oxygen atoms in total. The van der Waals surface area contributed by atoms with Crippen molar-refractivity contribution in [1.29, 1.82) is 0 Å². The predicted molar refractivity (Wildman–Crippen MR) is 73.8 cm³/mol. The lowest BCUT2D eigenvalue weighted by atomic mass is 9.97. The van der Waals surface area contributed by atoms with E-state index in [2.05, 4.69) is 17.0 Å². The van der Waals surface area contributed by atoms with Crippen LogP contribution < -0.4 is 0 Å². The Morgan fingerprint density at radius 1 is 1.39 bits per heavy atom. The van der Waals surface area contributed by atoms with E-state index in [9.17, 15) is 4.79 Å². The molecule has 0 saturated carbocycles. The fourth-order valence-corrected chi connectivity index (χ4v) is 2.15. The maximum absolute atomic E-state index is 11.1. The van der Waals surface area contributed by atoms with Gasteiger partial charge in [-0.05, 0) is 45.8 Å². The van der Waals surface area contributed by atoms with Crippen molar-refractivity contribution in [3.8, 4) is 0 Å². The van der Waals surface area contributed by atoms with Gasteiger partial charge in [0.2, 0.25) is 0 Å². The Bertz CT molecular complexity index is 365. The van der Waals surface area contributed by atoms with Gasteiger partial charge in [0.25, 0.3) is 0 Å². The number of aromatic nitrogens is 2. The molecule has 0 amide bonds. The fraction of sp³-hybridized carbons (Fsp3) is 0.714. The monoisotopic (exact) mass is 251 g/mol. The smallest absolute Gasteiger partial charge is 0.162 e. The van der Waals surface area contributed by atoms with Gasteiger partial charge in [-0.3, -0.25) is 9.48 Å². The molecule has 0 aliphatic carbocycles. The van der Waals surface area contributed by atoms with Crippen LogP contribution in [0.3, 0.4) is 0 Å². The number of Topliss-reactive ketones (excluding diaryl/α,β-unsaturated/α-hetero) is 1. The van der Waals surface area contributed by atoms with Crippen LogP contribution >= 0.6 is 0 Å². The van der Waals surface area contributed by atoms with Gasteiger partial charge in [-0.25, -0.2) is 0 Å². The van der Waals surface area contributed by atoms with Crippen molar-refractivity contribution in [2.45, 2.75) is 40.2 Å². The van der Waals surface area contributed by atoms with Crippen LogP contribution in [0.25, 0.3) is 0 Å². The molecule has 1 fully saturated rings. The van der Waals surface area contributed by atoms with E-state index < -0.39 is 0 Å². The van der Waals surface area contributed by atoms with Crippen molar-refractivity contribution in [2.75, 3.05) is 20.1 Å². The quantitative estimate of drug-likeness (QED) is 0.775. The van der Waals surface area contributed by atoms with Crippen molar-refractivity contribution >= 4 is 5.78 Å². The van der Waals surface area contributed by atoms with Gasteiger partial charge in [0.15, 0.2) is 5.78 Å². The van der Waals surface area contributed by atoms with Crippen LogP contribution in [0.5, 0.6) is 0 Å². The molecule has 1 aromatic rings. The van der Waals surface area contributed by atoms with Gasteiger partial charge in [0.1, 0.15) is 0 Å². The number of rotatable bonds is 3. The molecule has 0 aromatic carbocycles. The van der Waals surface area contributed by atoms with Crippen molar-refractivity contribution in [3.05, 3.63) is 18.0 Å². The lowest BCUT2D eigenvalue weighted by Crippen LogP contribution is -2.31. The molecule has 0 radical (unpaired) electrons. The Kier molecular flexibility index (Phi) is 6.05. The van der Waals surface area contributed by atoms with Crippen LogP contribution in [-0.4, -0.2) is 40.6 Å². The molecule has 2 heterocycles. The summed E-state index contributed by atoms with van der Waals surface area (Å²) in [5.74, 6) is 0.797. The van der Waals surface area contributed by atoms with Crippen molar-refractivity contribution in [1.82, 2.24) is 14.7 Å². The van der Waals surface area contributed by atoms with Crippen LogP contribution in [0.4, 0.5) is 0 Å². The minimum atomic E-state index is 0.0922. The number of hydrogen-bond acceptors (Lipinski definition) is 3. The van der Waals surface area contributed by atoms with Crippen LogP contribution in [0.15, 0.2) is 12.4 Å². The first kappa shape index (κ1) is 14.9. The molecule has 102 valence electrons. The summed E-state index contributed by atoms with van der Waals surface area (Å²) in [6, 6.07) is 0. The van der Waals surface area contributed by atoms with E-state index >= 15 is 0 Å². The van der Waals surface area contributed by atoms with E-state index in [0.717, 1.165) is 6.54 Å². The molecule has 0 spiro atoms. The summed E-state index contributed by atoms with van der Waals surface area (Å²) >= 11 is 0. The van der Waals surface area contributed by atoms with E-state index in [4.69, 9.17) is 0 Å². The number of nitrogens with zero attached hydrogens (tertiary/aromatic N) is 3.